The first-order chi connectivity index (χ1) is 8.93. The van der Waals surface area contributed by atoms with E-state index >= 15 is 0 Å². The molecule has 0 aromatic carbocycles. The predicted octanol–water partition coefficient (Wildman–Crippen LogP) is 3.85. The Hall–Kier alpha value is -0.0800. The lowest BCUT2D eigenvalue weighted by Crippen LogP contribution is -2.23. The van der Waals surface area contributed by atoms with E-state index in [0.29, 0.717) is 0 Å². The molecule has 0 amide bonds. The van der Waals surface area contributed by atoms with Gasteiger partial charge in [0.25, 0.3) is 0 Å². The zero-order valence-electron chi connectivity index (χ0n) is 12.3. The van der Waals surface area contributed by atoms with E-state index in [9.17, 15) is 0 Å². The maximum atomic E-state index is 5.48. The van der Waals surface area contributed by atoms with Crippen LogP contribution < -0.4 is 11.1 Å². The van der Waals surface area contributed by atoms with Crippen molar-refractivity contribution in [2.45, 2.75) is 77.0 Å². The molecule has 2 heteroatoms. The first kappa shape index (κ1) is 16.0. The van der Waals surface area contributed by atoms with Gasteiger partial charge in [-0.05, 0) is 25.3 Å². The molecule has 0 radical (unpaired) electrons. The Kier molecular flexibility index (Phi) is 10.6. The minimum absolute atomic E-state index is 0.767. The summed E-state index contributed by atoms with van der Waals surface area (Å²) in [5.74, 6) is 1.00. The molecule has 1 saturated carbocycles. The fourth-order valence-electron chi connectivity index (χ4n) is 3.10. The van der Waals surface area contributed by atoms with Crippen LogP contribution in [0.3, 0.4) is 0 Å². The average molecular weight is 254 g/mol. The monoisotopic (exact) mass is 254 g/mol. The molecular weight excluding hydrogens is 220 g/mol. The van der Waals surface area contributed by atoms with Crippen LogP contribution in [-0.2, 0) is 0 Å². The molecule has 108 valence electrons. The Morgan fingerprint density at radius 3 is 1.89 bits per heavy atom. The Morgan fingerprint density at radius 2 is 1.33 bits per heavy atom. The van der Waals surface area contributed by atoms with Crippen molar-refractivity contribution in [1.29, 1.82) is 0 Å². The van der Waals surface area contributed by atoms with Crippen LogP contribution in [0.15, 0.2) is 0 Å². The van der Waals surface area contributed by atoms with E-state index in [0.717, 1.165) is 25.6 Å². The van der Waals surface area contributed by atoms with Gasteiger partial charge in [0.05, 0.1) is 0 Å². The van der Waals surface area contributed by atoms with E-state index < -0.39 is 0 Å². The minimum Gasteiger partial charge on any atom is -0.329 e. The Morgan fingerprint density at radius 1 is 0.778 bits per heavy atom. The zero-order valence-corrected chi connectivity index (χ0v) is 12.3. The maximum Gasteiger partial charge on any atom is 0.00745 e. The molecule has 2 nitrogen and oxygen atoms in total. The fourth-order valence-corrected chi connectivity index (χ4v) is 3.10. The molecule has 3 N–H and O–H groups in total. The van der Waals surface area contributed by atoms with Gasteiger partial charge in [-0.2, -0.15) is 0 Å². The van der Waals surface area contributed by atoms with Gasteiger partial charge in [0.2, 0.25) is 0 Å². The van der Waals surface area contributed by atoms with Crippen LogP contribution >= 0.6 is 0 Å². The third kappa shape index (κ3) is 8.93. The molecule has 0 aromatic rings. The molecule has 0 aliphatic heterocycles. The lowest BCUT2D eigenvalue weighted by atomic mass is 9.91. The van der Waals surface area contributed by atoms with Gasteiger partial charge in [-0.1, -0.05) is 64.2 Å². The largest absolute Gasteiger partial charge is 0.329 e. The van der Waals surface area contributed by atoms with Crippen LogP contribution in [0, 0.1) is 5.92 Å². The third-order valence-electron chi connectivity index (χ3n) is 4.26. The smallest absolute Gasteiger partial charge is 0.00745 e. The van der Waals surface area contributed by atoms with Gasteiger partial charge in [0.1, 0.15) is 0 Å². The second kappa shape index (κ2) is 12.0. The summed E-state index contributed by atoms with van der Waals surface area (Å²) in [6.07, 6.45) is 17.5. The number of rotatable bonds is 6. The highest BCUT2D eigenvalue weighted by Crippen LogP contribution is 2.24. The molecule has 0 atom stereocenters. The van der Waals surface area contributed by atoms with Crippen LogP contribution in [0.25, 0.3) is 0 Å². The van der Waals surface area contributed by atoms with E-state index in [-0.39, 0.29) is 0 Å². The van der Waals surface area contributed by atoms with Gasteiger partial charge >= 0.3 is 0 Å². The van der Waals surface area contributed by atoms with E-state index in [1.54, 1.807) is 0 Å². The third-order valence-corrected chi connectivity index (χ3v) is 4.26. The highest BCUT2D eigenvalue weighted by Gasteiger charge is 2.09. The van der Waals surface area contributed by atoms with Gasteiger partial charge in [-0.25, -0.2) is 0 Å². The van der Waals surface area contributed by atoms with E-state index in [1.165, 1.54) is 77.0 Å². The summed E-state index contributed by atoms with van der Waals surface area (Å²) < 4.78 is 0. The van der Waals surface area contributed by atoms with Gasteiger partial charge in [-0.15, -0.1) is 0 Å². The van der Waals surface area contributed by atoms with E-state index in [2.05, 4.69) is 5.32 Å². The number of hydrogen-bond donors (Lipinski definition) is 2. The summed E-state index contributed by atoms with van der Waals surface area (Å²) in [5, 5.41) is 3.41. The number of nitrogens with two attached hydrogens (primary N) is 1. The highest BCUT2D eigenvalue weighted by atomic mass is 14.9. The number of hydrogen-bond acceptors (Lipinski definition) is 2. The summed E-state index contributed by atoms with van der Waals surface area (Å²) in [6, 6.07) is 0. The van der Waals surface area contributed by atoms with Crippen molar-refractivity contribution in [3.8, 4) is 0 Å². The van der Waals surface area contributed by atoms with Gasteiger partial charge in [-0.3, -0.25) is 0 Å². The van der Waals surface area contributed by atoms with Crippen LogP contribution in [0.2, 0.25) is 0 Å². The summed E-state index contributed by atoms with van der Waals surface area (Å²) in [4.78, 5) is 0. The first-order valence-corrected chi connectivity index (χ1v) is 8.34. The predicted molar refractivity (Wildman–Crippen MR) is 80.8 cm³/mol. The standard InChI is InChI=1S/C16H34N2/c17-13-15-18-14-9-12-16-10-7-5-3-1-2-4-6-8-11-16/h16,18H,1-15,17H2. The number of nitrogens with one attached hydrogen (secondary N) is 1. The minimum atomic E-state index is 0.767. The molecule has 0 unspecified atom stereocenters. The second-order valence-corrected chi connectivity index (χ2v) is 5.95. The maximum absolute atomic E-state index is 5.48. The summed E-state index contributed by atoms with van der Waals surface area (Å²) in [6.45, 7) is 2.90. The van der Waals surface area contributed by atoms with Crippen molar-refractivity contribution in [3.63, 3.8) is 0 Å². The van der Waals surface area contributed by atoms with Gasteiger partial charge in [0, 0.05) is 13.1 Å². The summed E-state index contributed by atoms with van der Waals surface area (Å²) in [5.41, 5.74) is 5.48. The van der Waals surface area contributed by atoms with Gasteiger partial charge in [0.15, 0.2) is 0 Å². The molecular formula is C16H34N2. The zero-order chi connectivity index (χ0) is 12.9. The SMILES string of the molecule is NCCNCCCC1CCCCCCCCCC1. The second-order valence-electron chi connectivity index (χ2n) is 5.95. The van der Waals surface area contributed by atoms with Crippen molar-refractivity contribution < 1.29 is 0 Å². The molecule has 0 saturated heterocycles. The molecule has 1 aliphatic carbocycles. The summed E-state index contributed by atoms with van der Waals surface area (Å²) >= 11 is 0. The molecule has 18 heavy (non-hydrogen) atoms. The molecule has 0 aromatic heterocycles. The Labute approximate surface area is 114 Å². The normalized spacial score (nSPS) is 20.5. The topological polar surface area (TPSA) is 38.0 Å². The fraction of sp³-hybridized carbons (Fsp3) is 1.00. The van der Waals surface area contributed by atoms with Crippen molar-refractivity contribution in [2.75, 3.05) is 19.6 Å². The lowest BCUT2D eigenvalue weighted by Gasteiger charge is -2.16. The van der Waals surface area contributed by atoms with Gasteiger partial charge < -0.3 is 11.1 Å². The van der Waals surface area contributed by atoms with Crippen LogP contribution in [0.4, 0.5) is 0 Å². The van der Waals surface area contributed by atoms with Crippen molar-refractivity contribution in [2.24, 2.45) is 11.7 Å². The van der Waals surface area contributed by atoms with E-state index in [1.807, 2.05) is 0 Å². The Balaban J connectivity index is 2.10. The Bertz CT molecular complexity index is 158. The average Bonchev–Trinajstić information content (AvgIpc) is 2.44. The van der Waals surface area contributed by atoms with E-state index in [4.69, 9.17) is 5.73 Å². The summed E-state index contributed by atoms with van der Waals surface area (Å²) in [7, 11) is 0. The molecule has 0 spiro atoms. The lowest BCUT2D eigenvalue weighted by molar-refractivity contribution is 0.376. The quantitative estimate of drug-likeness (QED) is 0.707. The van der Waals surface area contributed by atoms with Crippen LogP contribution in [-0.4, -0.2) is 19.6 Å². The molecule has 1 rings (SSSR count). The highest BCUT2D eigenvalue weighted by molar-refractivity contribution is 4.63. The van der Waals surface area contributed by atoms with Crippen molar-refractivity contribution in [1.82, 2.24) is 5.32 Å². The molecule has 0 bridgehead atoms. The van der Waals surface area contributed by atoms with Crippen molar-refractivity contribution >= 4 is 0 Å². The first-order valence-electron chi connectivity index (χ1n) is 8.34. The molecule has 1 aliphatic rings. The van der Waals surface area contributed by atoms with Crippen molar-refractivity contribution in [3.05, 3.63) is 0 Å². The van der Waals surface area contributed by atoms with Crippen LogP contribution in [0.5, 0.6) is 0 Å². The van der Waals surface area contributed by atoms with Crippen LogP contribution in [0.1, 0.15) is 77.0 Å². The molecule has 1 fully saturated rings. The molecule has 0 heterocycles.